The van der Waals surface area contributed by atoms with Crippen molar-refractivity contribution in [1.29, 1.82) is 0 Å². The molecule has 20 heavy (non-hydrogen) atoms. The zero-order chi connectivity index (χ0) is 15.9. The first-order valence-electron chi connectivity index (χ1n) is 5.53. The third-order valence-corrected chi connectivity index (χ3v) is 8.89. The molecule has 4 nitrogen and oxygen atoms in total. The summed E-state index contributed by atoms with van der Waals surface area (Å²) >= 11 is 26.1. The highest BCUT2D eigenvalue weighted by atomic mass is 79.9. The van der Waals surface area contributed by atoms with E-state index in [9.17, 15) is 4.57 Å². The summed E-state index contributed by atoms with van der Waals surface area (Å²) in [7, 11) is -4.51. The zero-order valence-corrected chi connectivity index (χ0v) is 18.9. The summed E-state index contributed by atoms with van der Waals surface area (Å²) in [5.74, 6) is 0. The van der Waals surface area contributed by atoms with Crippen molar-refractivity contribution < 1.29 is 18.9 Å². The van der Waals surface area contributed by atoms with Crippen molar-refractivity contribution >= 4 is 94.7 Å². The lowest BCUT2D eigenvalue weighted by Gasteiger charge is -2.23. The molecule has 2 N–H and O–H groups in total. The van der Waals surface area contributed by atoms with E-state index in [0.29, 0.717) is 11.2 Å². The largest absolute Gasteiger partial charge is 0.469 e. The Kier molecular flexibility index (Phi) is 12.7. The SMILES string of the molecule is O=P(O)(O)OCC(Cl)C(Cl)CC(Br)C(Br)CC(Br)CBr. The highest BCUT2D eigenvalue weighted by Gasteiger charge is 2.27. The van der Waals surface area contributed by atoms with Crippen LogP contribution >= 0.6 is 94.7 Å². The number of phosphoric acid groups is 1. The molecule has 0 aromatic rings. The monoisotopic (exact) mass is 604 g/mol. The van der Waals surface area contributed by atoms with Crippen molar-refractivity contribution in [3.05, 3.63) is 0 Å². The number of halogens is 6. The lowest BCUT2D eigenvalue weighted by Crippen LogP contribution is -2.28. The number of hydrogen-bond donors (Lipinski definition) is 2. The fourth-order valence-corrected chi connectivity index (χ4v) is 4.78. The van der Waals surface area contributed by atoms with Crippen LogP contribution in [0.15, 0.2) is 0 Å². The van der Waals surface area contributed by atoms with Crippen LogP contribution in [0.1, 0.15) is 12.8 Å². The van der Waals surface area contributed by atoms with Crippen molar-refractivity contribution in [3.63, 3.8) is 0 Å². The van der Waals surface area contributed by atoms with Gasteiger partial charge in [0.05, 0.1) is 17.4 Å². The predicted octanol–water partition coefficient (Wildman–Crippen LogP) is 4.78. The molecule has 0 aliphatic rings. The number of rotatable bonds is 10. The minimum atomic E-state index is -4.51. The minimum Gasteiger partial charge on any atom is -0.303 e. The molecule has 0 fully saturated rings. The van der Waals surface area contributed by atoms with Crippen LogP contribution in [0.2, 0.25) is 0 Å². The van der Waals surface area contributed by atoms with Gasteiger partial charge in [0.1, 0.15) is 0 Å². The fourth-order valence-electron chi connectivity index (χ4n) is 1.24. The van der Waals surface area contributed by atoms with Crippen LogP contribution in [0.3, 0.4) is 0 Å². The van der Waals surface area contributed by atoms with Crippen LogP contribution in [-0.4, -0.2) is 47.0 Å². The van der Waals surface area contributed by atoms with Crippen LogP contribution in [-0.2, 0) is 9.09 Å². The quantitative estimate of drug-likeness (QED) is 0.277. The second-order valence-electron chi connectivity index (χ2n) is 4.07. The first-order chi connectivity index (χ1) is 9.06. The second kappa shape index (κ2) is 11.2. The molecule has 0 radical (unpaired) electrons. The van der Waals surface area contributed by atoms with Crippen molar-refractivity contribution in [3.8, 4) is 0 Å². The van der Waals surface area contributed by atoms with E-state index >= 15 is 0 Å². The number of alkyl halides is 6. The average Bonchev–Trinajstić information content (AvgIpc) is 2.34. The normalized spacial score (nSPS) is 20.2. The van der Waals surface area contributed by atoms with Gasteiger partial charge in [-0.05, 0) is 12.8 Å². The Morgan fingerprint density at radius 2 is 1.55 bits per heavy atom. The van der Waals surface area contributed by atoms with E-state index < -0.39 is 18.6 Å². The summed E-state index contributed by atoms with van der Waals surface area (Å²) in [6.07, 6.45) is 1.43. The zero-order valence-electron chi connectivity index (χ0n) is 10.1. The fraction of sp³-hybridized carbons (Fsp3) is 1.00. The first kappa shape index (κ1) is 22.6. The molecule has 5 unspecified atom stereocenters. The Morgan fingerprint density at radius 3 is 2.00 bits per heavy atom. The standard InChI is InChI=1S/C9H15Br4Cl2O4P/c10-3-5(11)1-6(12)7(13)2-8(14)9(15)4-19-20(16,17)18/h5-9H,1-4H2,(H2,16,17,18). The molecule has 0 bridgehead atoms. The van der Waals surface area contributed by atoms with Crippen LogP contribution in [0, 0.1) is 0 Å². The molecule has 0 aromatic heterocycles. The van der Waals surface area contributed by atoms with Crippen molar-refractivity contribution in [1.82, 2.24) is 0 Å². The van der Waals surface area contributed by atoms with E-state index in [1.807, 2.05) is 0 Å². The molecule has 0 saturated carbocycles. The van der Waals surface area contributed by atoms with Gasteiger partial charge in [-0.1, -0.05) is 63.7 Å². The van der Waals surface area contributed by atoms with Gasteiger partial charge < -0.3 is 9.79 Å². The van der Waals surface area contributed by atoms with E-state index in [1.165, 1.54) is 0 Å². The van der Waals surface area contributed by atoms with Gasteiger partial charge in [-0.2, -0.15) is 0 Å². The molecule has 5 atom stereocenters. The summed E-state index contributed by atoms with van der Waals surface area (Å²) in [6, 6.07) is 0. The van der Waals surface area contributed by atoms with Crippen molar-refractivity contribution in [2.75, 3.05) is 11.9 Å². The van der Waals surface area contributed by atoms with Crippen LogP contribution in [0.5, 0.6) is 0 Å². The van der Waals surface area contributed by atoms with Gasteiger partial charge in [0.2, 0.25) is 0 Å². The molecule has 0 aliphatic heterocycles. The summed E-state index contributed by atoms with van der Waals surface area (Å²) in [4.78, 5) is 17.8. The molecular formula is C9H15Br4Cl2O4P. The summed E-state index contributed by atoms with van der Waals surface area (Å²) in [5.41, 5.74) is 0. The highest BCUT2D eigenvalue weighted by molar-refractivity contribution is 9.12. The van der Waals surface area contributed by atoms with Gasteiger partial charge in [-0.25, -0.2) is 4.57 Å². The second-order valence-corrected chi connectivity index (χ2v) is 10.7. The van der Waals surface area contributed by atoms with Crippen LogP contribution < -0.4 is 0 Å². The molecule has 0 aromatic carbocycles. The first-order valence-corrected chi connectivity index (χ1v) is 11.8. The van der Waals surface area contributed by atoms with E-state index in [1.54, 1.807) is 0 Å². The molecule has 0 rings (SSSR count). The van der Waals surface area contributed by atoms with E-state index in [-0.39, 0.29) is 16.3 Å². The third-order valence-electron chi connectivity index (χ3n) is 2.29. The molecule has 0 saturated heterocycles. The maximum Gasteiger partial charge on any atom is 0.469 e. The number of hydrogen-bond acceptors (Lipinski definition) is 2. The van der Waals surface area contributed by atoms with Crippen LogP contribution in [0.4, 0.5) is 0 Å². The Morgan fingerprint density at radius 1 is 1.05 bits per heavy atom. The van der Waals surface area contributed by atoms with Crippen molar-refractivity contribution in [2.24, 2.45) is 0 Å². The Labute approximate surface area is 162 Å². The molecule has 0 heterocycles. The summed E-state index contributed by atoms with van der Waals surface area (Å²) in [6.45, 7) is -0.296. The molecular weight excluding hydrogens is 594 g/mol. The molecule has 11 heteroatoms. The van der Waals surface area contributed by atoms with E-state index in [0.717, 1.165) is 11.8 Å². The Bertz CT molecular complexity index is 322. The maximum atomic E-state index is 10.6. The topological polar surface area (TPSA) is 66.8 Å². The summed E-state index contributed by atoms with van der Waals surface area (Å²) in [5, 5.41) is -0.307. The van der Waals surface area contributed by atoms with Crippen molar-refractivity contribution in [2.45, 2.75) is 38.1 Å². The van der Waals surface area contributed by atoms with Gasteiger partial charge in [-0.3, -0.25) is 4.52 Å². The minimum absolute atomic E-state index is 0.0837. The lowest BCUT2D eigenvalue weighted by atomic mass is 10.1. The molecule has 0 amide bonds. The molecule has 122 valence electrons. The third kappa shape index (κ3) is 11.2. The summed E-state index contributed by atoms with van der Waals surface area (Å²) < 4.78 is 14.9. The highest BCUT2D eigenvalue weighted by Crippen LogP contribution is 2.37. The average molecular weight is 609 g/mol. The van der Waals surface area contributed by atoms with Gasteiger partial charge >= 0.3 is 7.82 Å². The lowest BCUT2D eigenvalue weighted by molar-refractivity contribution is 0.195. The smallest absolute Gasteiger partial charge is 0.303 e. The molecule has 0 aliphatic carbocycles. The van der Waals surface area contributed by atoms with Crippen LogP contribution in [0.25, 0.3) is 0 Å². The van der Waals surface area contributed by atoms with Gasteiger partial charge in [0.15, 0.2) is 0 Å². The molecule has 0 spiro atoms. The Hall–Kier alpha value is 2.61. The maximum absolute atomic E-state index is 10.6. The van der Waals surface area contributed by atoms with E-state index in [2.05, 4.69) is 68.2 Å². The Balaban J connectivity index is 4.16. The van der Waals surface area contributed by atoms with E-state index in [4.69, 9.17) is 33.0 Å². The predicted molar refractivity (Wildman–Crippen MR) is 98.5 cm³/mol. The number of phosphoric ester groups is 1. The van der Waals surface area contributed by atoms with Gasteiger partial charge in [0.25, 0.3) is 0 Å². The van der Waals surface area contributed by atoms with Gasteiger partial charge in [-0.15, -0.1) is 23.2 Å². The van der Waals surface area contributed by atoms with Gasteiger partial charge in [0, 0.05) is 19.8 Å².